The van der Waals surface area contributed by atoms with E-state index in [0.717, 1.165) is 46.7 Å². The molecule has 0 aromatic heterocycles. The summed E-state index contributed by atoms with van der Waals surface area (Å²) in [6.07, 6.45) is 2.20. The molecule has 1 aliphatic heterocycles. The zero-order valence-electron chi connectivity index (χ0n) is 11.6. The summed E-state index contributed by atoms with van der Waals surface area (Å²) in [6.45, 7) is 3.05. The zero-order valence-corrected chi connectivity index (χ0v) is 13.2. The number of alkyl halides is 1. The van der Waals surface area contributed by atoms with E-state index in [-0.39, 0.29) is 5.91 Å². The SMILES string of the molecule is CC(CCBr)CCN1C(=O)c2cccc3cccc1c23. The Morgan fingerprint density at radius 1 is 1.15 bits per heavy atom. The Kier molecular flexibility index (Phi) is 3.79. The van der Waals surface area contributed by atoms with Crippen LogP contribution in [0.4, 0.5) is 5.69 Å². The molecule has 0 saturated carbocycles. The van der Waals surface area contributed by atoms with E-state index in [1.165, 1.54) is 0 Å². The van der Waals surface area contributed by atoms with Gasteiger partial charge in [-0.3, -0.25) is 4.79 Å². The second kappa shape index (κ2) is 5.57. The first-order valence-electron chi connectivity index (χ1n) is 7.12. The van der Waals surface area contributed by atoms with Crippen LogP contribution < -0.4 is 4.90 Å². The molecule has 104 valence electrons. The van der Waals surface area contributed by atoms with Crippen LogP contribution in [0.3, 0.4) is 0 Å². The number of amides is 1. The Morgan fingerprint density at radius 2 is 1.90 bits per heavy atom. The maximum Gasteiger partial charge on any atom is 0.258 e. The van der Waals surface area contributed by atoms with Crippen LogP contribution in [0.2, 0.25) is 0 Å². The number of hydrogen-bond donors (Lipinski definition) is 0. The third kappa shape index (κ3) is 2.24. The van der Waals surface area contributed by atoms with Gasteiger partial charge in [-0.1, -0.05) is 47.1 Å². The van der Waals surface area contributed by atoms with E-state index in [0.29, 0.717) is 5.92 Å². The summed E-state index contributed by atoms with van der Waals surface area (Å²) in [7, 11) is 0. The van der Waals surface area contributed by atoms with Crippen molar-refractivity contribution < 1.29 is 4.79 Å². The first-order chi connectivity index (χ1) is 9.72. The summed E-state index contributed by atoms with van der Waals surface area (Å²) in [5.41, 5.74) is 1.93. The maximum absolute atomic E-state index is 12.6. The van der Waals surface area contributed by atoms with Gasteiger partial charge in [0.1, 0.15) is 0 Å². The van der Waals surface area contributed by atoms with E-state index in [4.69, 9.17) is 0 Å². The van der Waals surface area contributed by atoms with Crippen LogP contribution in [-0.4, -0.2) is 17.8 Å². The molecular formula is C17H18BrNO. The van der Waals surface area contributed by atoms with Crippen molar-refractivity contribution in [3.8, 4) is 0 Å². The Bertz CT molecular complexity index is 647. The normalized spacial score (nSPS) is 15.1. The highest BCUT2D eigenvalue weighted by atomic mass is 79.9. The summed E-state index contributed by atoms with van der Waals surface area (Å²) in [4.78, 5) is 14.5. The van der Waals surface area contributed by atoms with Gasteiger partial charge in [0.15, 0.2) is 0 Å². The van der Waals surface area contributed by atoms with Gasteiger partial charge in [-0.05, 0) is 36.3 Å². The Balaban J connectivity index is 1.89. The number of nitrogens with zero attached hydrogens (tertiary/aromatic N) is 1. The molecule has 0 spiro atoms. The van der Waals surface area contributed by atoms with E-state index >= 15 is 0 Å². The third-order valence-electron chi connectivity index (χ3n) is 4.10. The van der Waals surface area contributed by atoms with Gasteiger partial charge in [0.05, 0.1) is 5.69 Å². The number of benzene rings is 2. The van der Waals surface area contributed by atoms with Gasteiger partial charge in [-0.25, -0.2) is 0 Å². The molecule has 0 fully saturated rings. The zero-order chi connectivity index (χ0) is 14.1. The molecule has 3 rings (SSSR count). The quantitative estimate of drug-likeness (QED) is 0.732. The first-order valence-corrected chi connectivity index (χ1v) is 8.24. The molecule has 20 heavy (non-hydrogen) atoms. The summed E-state index contributed by atoms with van der Waals surface area (Å²) in [5, 5.41) is 3.30. The predicted molar refractivity (Wildman–Crippen MR) is 87.8 cm³/mol. The lowest BCUT2D eigenvalue weighted by Gasteiger charge is -2.20. The molecule has 2 nitrogen and oxygen atoms in total. The molecular weight excluding hydrogens is 314 g/mol. The van der Waals surface area contributed by atoms with Gasteiger partial charge in [0.25, 0.3) is 5.91 Å². The lowest BCUT2D eigenvalue weighted by atomic mass is 10.0. The fourth-order valence-corrected chi connectivity index (χ4v) is 3.66. The second-order valence-corrected chi connectivity index (χ2v) is 6.30. The average molecular weight is 332 g/mol. The van der Waals surface area contributed by atoms with E-state index < -0.39 is 0 Å². The summed E-state index contributed by atoms with van der Waals surface area (Å²) in [6, 6.07) is 12.2. The van der Waals surface area contributed by atoms with Crippen molar-refractivity contribution in [2.75, 3.05) is 16.8 Å². The molecule has 0 aliphatic carbocycles. The minimum Gasteiger partial charge on any atom is -0.308 e. The molecule has 3 heteroatoms. The summed E-state index contributed by atoms with van der Waals surface area (Å²) >= 11 is 3.48. The van der Waals surface area contributed by atoms with Gasteiger partial charge in [-0.15, -0.1) is 0 Å². The minimum absolute atomic E-state index is 0.155. The van der Waals surface area contributed by atoms with Gasteiger partial charge >= 0.3 is 0 Å². The highest BCUT2D eigenvalue weighted by Crippen LogP contribution is 2.37. The number of halogens is 1. The number of hydrogen-bond acceptors (Lipinski definition) is 1. The minimum atomic E-state index is 0.155. The Hall–Kier alpha value is -1.35. The number of carbonyl (C=O) groups excluding carboxylic acids is 1. The Labute approximate surface area is 127 Å². The van der Waals surface area contributed by atoms with Crippen molar-refractivity contribution in [1.29, 1.82) is 0 Å². The average Bonchev–Trinajstić information content (AvgIpc) is 2.73. The van der Waals surface area contributed by atoms with Crippen LogP contribution in [0, 0.1) is 5.92 Å². The van der Waals surface area contributed by atoms with Crippen LogP contribution >= 0.6 is 15.9 Å². The highest BCUT2D eigenvalue weighted by molar-refractivity contribution is 9.09. The lowest BCUT2D eigenvalue weighted by molar-refractivity contribution is 0.0992. The van der Waals surface area contributed by atoms with Gasteiger partial charge < -0.3 is 4.90 Å². The van der Waals surface area contributed by atoms with Crippen molar-refractivity contribution in [2.45, 2.75) is 19.8 Å². The standard InChI is InChI=1S/C17H18BrNO/c1-12(8-10-18)9-11-19-15-7-3-5-13-4-2-6-14(16(13)15)17(19)20/h2-7,12H,8-11H2,1H3. The van der Waals surface area contributed by atoms with Gasteiger partial charge in [0.2, 0.25) is 0 Å². The monoisotopic (exact) mass is 331 g/mol. The molecule has 0 bridgehead atoms. The lowest BCUT2D eigenvalue weighted by Crippen LogP contribution is -2.28. The van der Waals surface area contributed by atoms with E-state index in [9.17, 15) is 4.79 Å². The number of anilines is 1. The van der Waals surface area contributed by atoms with E-state index in [2.05, 4.69) is 41.1 Å². The van der Waals surface area contributed by atoms with Crippen LogP contribution in [0.1, 0.15) is 30.1 Å². The maximum atomic E-state index is 12.6. The van der Waals surface area contributed by atoms with Crippen molar-refractivity contribution in [1.82, 2.24) is 0 Å². The van der Waals surface area contributed by atoms with Crippen LogP contribution in [-0.2, 0) is 0 Å². The smallest absolute Gasteiger partial charge is 0.258 e. The van der Waals surface area contributed by atoms with Gasteiger partial charge in [0, 0.05) is 22.8 Å². The molecule has 2 aromatic carbocycles. The molecule has 2 aromatic rings. The molecule has 1 amide bonds. The largest absolute Gasteiger partial charge is 0.308 e. The van der Waals surface area contributed by atoms with E-state index in [1.807, 2.05) is 23.1 Å². The van der Waals surface area contributed by atoms with Crippen molar-refractivity contribution in [3.05, 3.63) is 42.0 Å². The first kappa shape index (κ1) is 13.6. The molecule has 0 N–H and O–H groups in total. The molecule has 1 heterocycles. The fraction of sp³-hybridized carbons (Fsp3) is 0.353. The predicted octanol–water partition coefficient (Wildman–Crippen LogP) is 4.61. The molecule has 0 saturated heterocycles. The van der Waals surface area contributed by atoms with Crippen molar-refractivity contribution >= 4 is 38.3 Å². The highest BCUT2D eigenvalue weighted by Gasteiger charge is 2.29. The molecule has 1 unspecified atom stereocenters. The van der Waals surface area contributed by atoms with Crippen molar-refractivity contribution in [3.63, 3.8) is 0 Å². The molecule has 1 aliphatic rings. The van der Waals surface area contributed by atoms with Crippen molar-refractivity contribution in [2.24, 2.45) is 5.92 Å². The summed E-state index contributed by atoms with van der Waals surface area (Å²) in [5.74, 6) is 0.785. The number of rotatable bonds is 5. The molecule has 1 atom stereocenters. The number of carbonyl (C=O) groups is 1. The molecule has 0 radical (unpaired) electrons. The third-order valence-corrected chi connectivity index (χ3v) is 4.55. The fourth-order valence-electron chi connectivity index (χ4n) is 2.88. The Morgan fingerprint density at radius 3 is 2.65 bits per heavy atom. The van der Waals surface area contributed by atoms with Crippen LogP contribution in [0.15, 0.2) is 36.4 Å². The summed E-state index contributed by atoms with van der Waals surface area (Å²) < 4.78 is 0. The van der Waals surface area contributed by atoms with Gasteiger partial charge in [-0.2, -0.15) is 0 Å². The van der Waals surface area contributed by atoms with Crippen LogP contribution in [0.5, 0.6) is 0 Å². The second-order valence-electron chi connectivity index (χ2n) is 5.51. The topological polar surface area (TPSA) is 20.3 Å². The van der Waals surface area contributed by atoms with E-state index in [1.54, 1.807) is 0 Å². The van der Waals surface area contributed by atoms with Crippen LogP contribution in [0.25, 0.3) is 10.8 Å².